The molecular formula is C12H20O9. The lowest BCUT2D eigenvalue weighted by molar-refractivity contribution is -0.325. The Balaban J connectivity index is 1.69. The van der Waals surface area contributed by atoms with Crippen molar-refractivity contribution in [2.24, 2.45) is 0 Å². The van der Waals surface area contributed by atoms with Gasteiger partial charge in [-0.05, 0) is 0 Å². The number of hydrogen-bond acceptors (Lipinski definition) is 9. The highest BCUT2D eigenvalue weighted by Crippen LogP contribution is 2.32. The molecule has 2 bridgehead atoms. The van der Waals surface area contributed by atoms with Crippen LogP contribution in [-0.4, -0.2) is 100 Å². The van der Waals surface area contributed by atoms with E-state index >= 15 is 0 Å². The van der Waals surface area contributed by atoms with Crippen molar-refractivity contribution in [3.8, 4) is 0 Å². The fourth-order valence-corrected chi connectivity index (χ4v) is 2.90. The molecule has 9 heteroatoms. The van der Waals surface area contributed by atoms with Gasteiger partial charge in [-0.1, -0.05) is 0 Å². The van der Waals surface area contributed by atoms with Crippen LogP contribution in [0.5, 0.6) is 0 Å². The molecular weight excluding hydrogens is 288 g/mol. The Labute approximate surface area is 120 Å². The molecule has 0 aromatic heterocycles. The van der Waals surface area contributed by atoms with Gasteiger partial charge in [-0.15, -0.1) is 0 Å². The molecule has 9 atom stereocenters. The molecule has 0 amide bonds. The maximum Gasteiger partial charge on any atom is 0.187 e. The largest absolute Gasteiger partial charge is 0.394 e. The van der Waals surface area contributed by atoms with Crippen LogP contribution in [0.3, 0.4) is 0 Å². The quantitative estimate of drug-likeness (QED) is 0.357. The first-order valence-electron chi connectivity index (χ1n) is 6.90. The molecule has 0 spiro atoms. The molecule has 3 aliphatic heterocycles. The molecule has 122 valence electrons. The van der Waals surface area contributed by atoms with Crippen LogP contribution in [0.1, 0.15) is 0 Å². The Morgan fingerprint density at radius 3 is 2.43 bits per heavy atom. The summed E-state index contributed by atoms with van der Waals surface area (Å²) in [5.74, 6) is 0. The van der Waals surface area contributed by atoms with Gasteiger partial charge in [0.1, 0.15) is 48.8 Å². The molecule has 0 aromatic carbocycles. The average molecular weight is 308 g/mol. The molecule has 0 aromatic rings. The predicted octanol–water partition coefficient (Wildman–Crippen LogP) is -3.67. The van der Waals surface area contributed by atoms with E-state index in [-0.39, 0.29) is 13.2 Å². The van der Waals surface area contributed by atoms with Crippen LogP contribution in [0.2, 0.25) is 0 Å². The van der Waals surface area contributed by atoms with Gasteiger partial charge in [0, 0.05) is 0 Å². The third-order valence-corrected chi connectivity index (χ3v) is 4.14. The van der Waals surface area contributed by atoms with E-state index in [1.54, 1.807) is 0 Å². The molecule has 0 radical (unpaired) electrons. The van der Waals surface area contributed by atoms with Gasteiger partial charge in [0.05, 0.1) is 19.8 Å². The minimum absolute atomic E-state index is 0.143. The summed E-state index contributed by atoms with van der Waals surface area (Å²) in [6.07, 6.45) is -9.23. The summed E-state index contributed by atoms with van der Waals surface area (Å²) in [5.41, 5.74) is 0. The van der Waals surface area contributed by atoms with Crippen molar-refractivity contribution < 1.29 is 44.5 Å². The molecule has 3 rings (SSSR count). The molecule has 9 nitrogen and oxygen atoms in total. The van der Waals surface area contributed by atoms with Crippen molar-refractivity contribution in [1.29, 1.82) is 0 Å². The van der Waals surface area contributed by atoms with E-state index in [1.165, 1.54) is 0 Å². The second-order valence-electron chi connectivity index (χ2n) is 5.54. The van der Waals surface area contributed by atoms with Crippen molar-refractivity contribution in [3.05, 3.63) is 0 Å². The number of ether oxygens (including phenoxy) is 4. The van der Waals surface area contributed by atoms with Gasteiger partial charge in [-0.2, -0.15) is 0 Å². The fraction of sp³-hybridized carbons (Fsp3) is 1.00. The highest BCUT2D eigenvalue weighted by molar-refractivity contribution is 4.96. The summed E-state index contributed by atoms with van der Waals surface area (Å²) >= 11 is 0. The van der Waals surface area contributed by atoms with Crippen molar-refractivity contribution in [2.45, 2.75) is 55.1 Å². The van der Waals surface area contributed by atoms with Crippen LogP contribution >= 0.6 is 0 Å². The number of aliphatic hydroxyl groups excluding tert-OH is 5. The van der Waals surface area contributed by atoms with Crippen molar-refractivity contribution in [2.75, 3.05) is 19.8 Å². The highest BCUT2D eigenvalue weighted by atomic mass is 16.7. The van der Waals surface area contributed by atoms with E-state index in [9.17, 15) is 20.4 Å². The van der Waals surface area contributed by atoms with E-state index in [1.807, 2.05) is 0 Å². The number of fused-ring (bicyclic) bond motifs is 2. The lowest BCUT2D eigenvalue weighted by Crippen LogP contribution is -2.61. The van der Waals surface area contributed by atoms with E-state index in [2.05, 4.69) is 0 Å². The van der Waals surface area contributed by atoms with Gasteiger partial charge in [-0.3, -0.25) is 0 Å². The van der Waals surface area contributed by atoms with E-state index < -0.39 is 61.7 Å². The van der Waals surface area contributed by atoms with Gasteiger partial charge in [0.2, 0.25) is 0 Å². The average Bonchev–Trinajstić information content (AvgIpc) is 2.77. The van der Waals surface area contributed by atoms with Crippen molar-refractivity contribution in [3.63, 3.8) is 0 Å². The van der Waals surface area contributed by atoms with Crippen LogP contribution < -0.4 is 0 Å². The van der Waals surface area contributed by atoms with Gasteiger partial charge in [0.15, 0.2) is 6.29 Å². The monoisotopic (exact) mass is 308 g/mol. The zero-order valence-corrected chi connectivity index (χ0v) is 11.2. The lowest BCUT2D eigenvalue weighted by Gasteiger charge is -2.42. The molecule has 3 fully saturated rings. The summed E-state index contributed by atoms with van der Waals surface area (Å²) in [5, 5.41) is 48.3. The second-order valence-corrected chi connectivity index (χ2v) is 5.54. The van der Waals surface area contributed by atoms with E-state index in [0.717, 1.165) is 0 Å². The summed E-state index contributed by atoms with van der Waals surface area (Å²) < 4.78 is 21.6. The first-order chi connectivity index (χ1) is 10.0. The summed E-state index contributed by atoms with van der Waals surface area (Å²) in [7, 11) is 0. The van der Waals surface area contributed by atoms with Crippen molar-refractivity contribution >= 4 is 0 Å². The molecule has 3 heterocycles. The van der Waals surface area contributed by atoms with Crippen LogP contribution in [0.4, 0.5) is 0 Å². The number of hydrogen-bond donors (Lipinski definition) is 5. The van der Waals surface area contributed by atoms with Crippen LogP contribution in [0.25, 0.3) is 0 Å². The molecule has 21 heavy (non-hydrogen) atoms. The van der Waals surface area contributed by atoms with Crippen LogP contribution in [0.15, 0.2) is 0 Å². The first-order valence-corrected chi connectivity index (χ1v) is 6.90. The standard InChI is InChI=1S/C12H20O9/c13-1-5-7(15)8(16)9(17)12(20-5)21-11-6-3-19-10(11)4(14)2-18-6/h4-17H,1-3H2/t4?,5?,6-,7?,8?,9?,10?,11?,12?/m1/s1. The Hall–Kier alpha value is -0.360. The zero-order valence-electron chi connectivity index (χ0n) is 11.2. The first kappa shape index (κ1) is 15.5. The van der Waals surface area contributed by atoms with Gasteiger partial charge >= 0.3 is 0 Å². The lowest BCUT2D eigenvalue weighted by atomic mass is 9.98. The Kier molecular flexibility index (Phi) is 4.46. The minimum Gasteiger partial charge on any atom is -0.394 e. The second kappa shape index (κ2) is 6.03. The highest BCUT2D eigenvalue weighted by Gasteiger charge is 2.51. The smallest absolute Gasteiger partial charge is 0.187 e. The Morgan fingerprint density at radius 1 is 0.952 bits per heavy atom. The Morgan fingerprint density at radius 2 is 1.71 bits per heavy atom. The van der Waals surface area contributed by atoms with E-state index in [0.29, 0.717) is 0 Å². The Bertz CT molecular complexity index is 365. The molecule has 0 aliphatic carbocycles. The maximum atomic E-state index is 9.92. The topological polar surface area (TPSA) is 138 Å². The van der Waals surface area contributed by atoms with Gasteiger partial charge < -0.3 is 44.5 Å². The summed E-state index contributed by atoms with van der Waals surface area (Å²) in [4.78, 5) is 0. The van der Waals surface area contributed by atoms with E-state index in [4.69, 9.17) is 24.1 Å². The van der Waals surface area contributed by atoms with Gasteiger partial charge in [-0.25, -0.2) is 0 Å². The molecule has 3 aliphatic rings. The minimum atomic E-state index is -1.51. The summed E-state index contributed by atoms with van der Waals surface area (Å²) in [6.45, 7) is -0.133. The number of aliphatic hydroxyl groups is 5. The van der Waals surface area contributed by atoms with Crippen LogP contribution in [-0.2, 0) is 18.9 Å². The predicted molar refractivity (Wildman–Crippen MR) is 64.1 cm³/mol. The zero-order chi connectivity index (χ0) is 15.1. The third kappa shape index (κ3) is 2.69. The fourth-order valence-electron chi connectivity index (χ4n) is 2.90. The van der Waals surface area contributed by atoms with Crippen LogP contribution in [0, 0.1) is 0 Å². The SMILES string of the molecule is OCC1OC(OC2C3OC[C@H]2OCC3O)C(O)C(O)C1O. The number of rotatable bonds is 3. The molecule has 0 saturated carbocycles. The normalized spacial score (nSPS) is 53.9. The maximum absolute atomic E-state index is 9.92. The van der Waals surface area contributed by atoms with Crippen molar-refractivity contribution in [1.82, 2.24) is 0 Å². The molecule has 3 saturated heterocycles. The molecule has 5 N–H and O–H groups in total. The molecule has 8 unspecified atom stereocenters. The third-order valence-electron chi connectivity index (χ3n) is 4.14. The summed E-state index contributed by atoms with van der Waals surface area (Å²) in [6, 6.07) is 0. The van der Waals surface area contributed by atoms with Gasteiger partial charge in [0.25, 0.3) is 0 Å².